The van der Waals surface area contributed by atoms with E-state index in [1.54, 1.807) is 48.5 Å². The van der Waals surface area contributed by atoms with Crippen LogP contribution in [0.5, 0.6) is 0 Å². The highest BCUT2D eigenvalue weighted by molar-refractivity contribution is 6.57. The number of rotatable bonds is 8. The van der Waals surface area contributed by atoms with E-state index in [1.807, 2.05) is 86.3 Å². The molecule has 0 radical (unpaired) electrons. The van der Waals surface area contributed by atoms with Gasteiger partial charge < -0.3 is 38.2 Å². The monoisotopic (exact) mass is 830 g/mol. The normalized spacial score (nSPS) is 11.0. The molecule has 0 aliphatic rings. The number of hydrogen-bond donors (Lipinski definition) is 2. The van der Waals surface area contributed by atoms with Gasteiger partial charge >= 0.3 is 19.1 Å². The lowest BCUT2D eigenvalue weighted by Gasteiger charge is -2.24. The van der Waals surface area contributed by atoms with Crippen molar-refractivity contribution in [3.8, 4) is 11.5 Å². The number of fused-ring (bicyclic) bond motifs is 4. The molecule has 0 saturated carbocycles. The number of esters is 2. The van der Waals surface area contributed by atoms with Gasteiger partial charge in [-0.2, -0.15) is 0 Å². The predicted molar refractivity (Wildman–Crippen MR) is 235 cm³/mol. The number of furan rings is 2. The molecule has 0 atom stereocenters. The molecular weight excluding hydrogens is 787 g/mol. The highest BCUT2D eigenvalue weighted by atomic mass is 35.5. The third-order valence-electron chi connectivity index (χ3n) is 9.67. The first kappa shape index (κ1) is 43.0. The average molecular weight is 831 g/mol. The van der Waals surface area contributed by atoms with E-state index < -0.39 is 19.1 Å². The van der Waals surface area contributed by atoms with Gasteiger partial charge in [-0.05, 0) is 88.4 Å². The van der Waals surface area contributed by atoms with E-state index in [0.717, 1.165) is 16.4 Å². The summed E-state index contributed by atoms with van der Waals surface area (Å²) in [6.45, 7) is 8.23. The molecule has 4 aromatic heterocycles. The molecule has 4 aromatic carbocycles. The van der Waals surface area contributed by atoms with Crippen LogP contribution in [0.2, 0.25) is 5.15 Å². The largest absolute Gasteiger partial charge is 0.526 e. The Kier molecular flexibility index (Phi) is 13.3. The maximum absolute atomic E-state index is 11.9. The Morgan fingerprint density at radius 2 is 1.12 bits per heavy atom. The van der Waals surface area contributed by atoms with E-state index in [0.29, 0.717) is 67.0 Å². The Labute approximate surface area is 351 Å². The highest BCUT2D eigenvalue weighted by Gasteiger charge is 2.21. The predicted octanol–water partition coefficient (Wildman–Crippen LogP) is 7.70. The van der Waals surface area contributed by atoms with Crippen molar-refractivity contribution >= 4 is 92.0 Å². The molecule has 16 heteroatoms. The van der Waals surface area contributed by atoms with Gasteiger partial charge in [-0.25, -0.2) is 29.5 Å². The molecule has 0 saturated heterocycles. The zero-order valence-corrected chi connectivity index (χ0v) is 35.1. The van der Waals surface area contributed by atoms with Crippen molar-refractivity contribution in [2.24, 2.45) is 0 Å². The molecule has 8 rings (SSSR count). The third-order valence-corrected chi connectivity index (χ3v) is 9.92. The van der Waals surface area contributed by atoms with Crippen molar-refractivity contribution in [2.45, 2.75) is 39.8 Å². The number of hydrogen-bond acceptors (Lipinski definition) is 14. The van der Waals surface area contributed by atoms with Gasteiger partial charge in [0.15, 0.2) is 22.5 Å². The number of methoxy groups -OCH3 is 2. The number of benzene rings is 4. The van der Waals surface area contributed by atoms with Gasteiger partial charge in [0.1, 0.15) is 22.5 Å². The van der Waals surface area contributed by atoms with E-state index in [2.05, 4.69) is 23.8 Å². The number of carbonyl (C=O) groups is 2. The number of para-hydroxylation sites is 2. The summed E-state index contributed by atoms with van der Waals surface area (Å²) in [6, 6.07) is 29.4. The van der Waals surface area contributed by atoms with Crippen LogP contribution in [0.25, 0.3) is 55.5 Å². The molecule has 8 aromatic rings. The molecule has 2 N–H and O–H groups in total. The minimum atomic E-state index is -1.53. The summed E-state index contributed by atoms with van der Waals surface area (Å²) in [5.41, 5.74) is 5.77. The number of anilines is 2. The zero-order chi connectivity index (χ0) is 43.2. The van der Waals surface area contributed by atoms with Crippen LogP contribution in [0.4, 0.5) is 11.6 Å². The van der Waals surface area contributed by atoms with Crippen LogP contribution >= 0.6 is 11.6 Å². The first-order chi connectivity index (χ1) is 28.7. The Morgan fingerprint density at radius 1 is 0.633 bits per heavy atom. The SMILES string of the molecule is COC(=O)c1ccc2nc(-c3cc4ccccc4o3)c(N(C)C(C)C)nc2c1.COC(=O)c1ccc2nc(Cl)c(N(C)C(C)C)nc2c1.OB(O)c1cc2ccccc2o1. The van der Waals surface area contributed by atoms with Crippen LogP contribution < -0.4 is 15.5 Å². The maximum Gasteiger partial charge on any atom is 0.526 e. The lowest BCUT2D eigenvalue weighted by molar-refractivity contribution is 0.0592. The molecule has 0 aliphatic carbocycles. The lowest BCUT2D eigenvalue weighted by atomic mass is 9.88. The van der Waals surface area contributed by atoms with E-state index in [-0.39, 0.29) is 17.7 Å². The summed E-state index contributed by atoms with van der Waals surface area (Å²) < 4.78 is 20.7. The Hall–Kier alpha value is -6.55. The number of aromatic nitrogens is 4. The van der Waals surface area contributed by atoms with E-state index in [1.165, 1.54) is 14.2 Å². The number of ether oxygens (including phenoxy) is 2. The van der Waals surface area contributed by atoms with Crippen molar-refractivity contribution in [3.63, 3.8) is 0 Å². The smallest absolute Gasteiger partial charge is 0.465 e. The summed E-state index contributed by atoms with van der Waals surface area (Å²) in [7, 11) is 5.05. The third kappa shape index (κ3) is 9.49. The van der Waals surface area contributed by atoms with Gasteiger partial charge in [0.25, 0.3) is 0 Å². The van der Waals surface area contributed by atoms with Gasteiger partial charge in [-0.1, -0.05) is 48.0 Å². The van der Waals surface area contributed by atoms with E-state index >= 15 is 0 Å². The van der Waals surface area contributed by atoms with Crippen LogP contribution in [0.15, 0.2) is 106 Å². The quantitative estimate of drug-likeness (QED) is 0.112. The number of carbonyl (C=O) groups excluding carboxylic acids is 2. The molecule has 0 bridgehead atoms. The molecule has 0 aliphatic heterocycles. The van der Waals surface area contributed by atoms with E-state index in [4.69, 9.17) is 49.9 Å². The Bertz CT molecular complexity index is 2740. The summed E-state index contributed by atoms with van der Waals surface area (Å²) >= 11 is 6.16. The van der Waals surface area contributed by atoms with Crippen molar-refractivity contribution in [1.82, 2.24) is 19.9 Å². The maximum atomic E-state index is 11.9. The van der Waals surface area contributed by atoms with Crippen LogP contribution in [0.1, 0.15) is 48.4 Å². The molecule has 14 nitrogen and oxygen atoms in total. The second-order valence-electron chi connectivity index (χ2n) is 14.2. The van der Waals surface area contributed by atoms with Crippen molar-refractivity contribution in [1.29, 1.82) is 0 Å². The molecule has 0 unspecified atom stereocenters. The molecule has 308 valence electrons. The van der Waals surface area contributed by atoms with Gasteiger partial charge in [0.2, 0.25) is 0 Å². The first-order valence-electron chi connectivity index (χ1n) is 18.9. The van der Waals surface area contributed by atoms with E-state index in [9.17, 15) is 9.59 Å². The summed E-state index contributed by atoms with van der Waals surface area (Å²) in [4.78, 5) is 45.8. The Balaban J connectivity index is 0.000000164. The fourth-order valence-corrected chi connectivity index (χ4v) is 6.18. The van der Waals surface area contributed by atoms with Crippen molar-refractivity contribution in [3.05, 3.63) is 113 Å². The molecule has 0 fully saturated rings. The second kappa shape index (κ2) is 18.6. The summed E-state index contributed by atoms with van der Waals surface area (Å²) in [5.74, 6) is 1.15. The number of halogens is 1. The first-order valence-corrected chi connectivity index (χ1v) is 19.3. The highest BCUT2D eigenvalue weighted by Crippen LogP contribution is 2.34. The molecule has 4 heterocycles. The Morgan fingerprint density at radius 3 is 1.62 bits per heavy atom. The second-order valence-corrected chi connectivity index (χ2v) is 14.6. The molecular formula is C44H44BClN6O8. The topological polar surface area (TPSA) is 177 Å². The van der Waals surface area contributed by atoms with Gasteiger partial charge in [0, 0.05) is 37.0 Å². The van der Waals surface area contributed by atoms with Gasteiger partial charge in [-0.15, -0.1) is 0 Å². The lowest BCUT2D eigenvalue weighted by Crippen LogP contribution is -2.27. The van der Waals surface area contributed by atoms with Crippen LogP contribution in [-0.2, 0) is 9.47 Å². The summed E-state index contributed by atoms with van der Waals surface area (Å²) in [5, 5.41) is 19.8. The van der Waals surface area contributed by atoms with Crippen LogP contribution in [0.3, 0.4) is 0 Å². The molecule has 0 spiro atoms. The van der Waals surface area contributed by atoms with Gasteiger partial charge in [0.05, 0.1) is 47.4 Å². The fourth-order valence-electron chi connectivity index (χ4n) is 5.91. The molecule has 0 amide bonds. The van der Waals surface area contributed by atoms with Crippen LogP contribution in [-0.4, -0.2) is 89.4 Å². The minimum Gasteiger partial charge on any atom is -0.465 e. The van der Waals surface area contributed by atoms with Crippen LogP contribution in [0, 0.1) is 0 Å². The summed E-state index contributed by atoms with van der Waals surface area (Å²) in [6.07, 6.45) is 0. The zero-order valence-electron chi connectivity index (χ0n) is 34.4. The van der Waals surface area contributed by atoms with Crippen molar-refractivity contribution < 1.29 is 37.9 Å². The average Bonchev–Trinajstić information content (AvgIpc) is 3.90. The minimum absolute atomic E-state index is 0.177. The standard InChI is InChI=1S/C22H21N3O3.C14H16ClN3O2.C8H7BO3/c1-13(2)25(3)21-20(19-12-14-7-5-6-8-18(14)28-19)23-16-10-9-15(22(26)27-4)11-17(16)24-21;1-8(2)18(3)13-12(15)16-10-6-5-9(14(19)20-4)7-11(10)17-13;10-9(11)8-5-6-3-1-2-4-7(6)12-8/h5-13H,1-4H3;5-8H,1-4H3;1-5,10-11H. The van der Waals surface area contributed by atoms with Gasteiger partial charge in [-0.3, -0.25) is 0 Å². The molecule has 60 heavy (non-hydrogen) atoms. The number of nitrogens with zero attached hydrogens (tertiary/aromatic N) is 6. The van der Waals surface area contributed by atoms with Crippen molar-refractivity contribution in [2.75, 3.05) is 38.1 Å². The fraction of sp³-hybridized carbons (Fsp3) is 0.227.